The molecule has 1 saturated carbocycles. The lowest BCUT2D eigenvalue weighted by Crippen LogP contribution is -2.63. The predicted molar refractivity (Wildman–Crippen MR) is 134 cm³/mol. The number of carbonyl (C=O) groups excluding carboxylic acids is 2. The molecular formula is C27H32F3N5O2. The van der Waals surface area contributed by atoms with E-state index >= 15 is 0 Å². The highest BCUT2D eigenvalue weighted by atomic mass is 19.4. The molecule has 0 bridgehead atoms. The van der Waals surface area contributed by atoms with Crippen molar-refractivity contribution in [3.05, 3.63) is 70.3 Å². The van der Waals surface area contributed by atoms with Gasteiger partial charge < -0.3 is 16.4 Å². The molecule has 7 nitrogen and oxygen atoms in total. The van der Waals surface area contributed by atoms with Crippen LogP contribution in [0.3, 0.4) is 0 Å². The van der Waals surface area contributed by atoms with Gasteiger partial charge in [0.2, 0.25) is 5.91 Å². The van der Waals surface area contributed by atoms with Crippen LogP contribution in [0.15, 0.2) is 42.5 Å². The number of aryl methyl sites for hydroxylation is 1. The van der Waals surface area contributed by atoms with Crippen molar-refractivity contribution in [1.29, 1.82) is 5.41 Å². The normalized spacial score (nSPS) is 20.6. The fourth-order valence-electron chi connectivity index (χ4n) is 5.33. The molecule has 2 aromatic carbocycles. The summed E-state index contributed by atoms with van der Waals surface area (Å²) < 4.78 is 38.5. The number of halogens is 3. The molecule has 1 heterocycles. The summed E-state index contributed by atoms with van der Waals surface area (Å²) in [5, 5.41) is 12.9. The SMILES string of the molecule is Cc1cc(C(=N)N)ccc1C1CCC(N2CC(NC(=O)CNC(=O)c3cccc(C(F)(F)F)c3)C2)CC1. The zero-order valence-corrected chi connectivity index (χ0v) is 20.7. The maximum atomic E-state index is 12.8. The average molecular weight is 516 g/mol. The van der Waals surface area contributed by atoms with Crippen LogP contribution in [0.2, 0.25) is 0 Å². The topological polar surface area (TPSA) is 111 Å². The number of likely N-dealkylation sites (tertiary alicyclic amines) is 1. The minimum absolute atomic E-state index is 0.00273. The van der Waals surface area contributed by atoms with E-state index < -0.39 is 17.6 Å². The summed E-state index contributed by atoms with van der Waals surface area (Å²) in [6, 6.07) is 10.6. The number of benzene rings is 2. The second-order valence-electron chi connectivity index (χ2n) is 9.97. The quantitative estimate of drug-likeness (QED) is 0.334. The van der Waals surface area contributed by atoms with Gasteiger partial charge in [0, 0.05) is 30.3 Å². The number of alkyl halides is 3. The van der Waals surface area contributed by atoms with Crippen molar-refractivity contribution in [2.24, 2.45) is 5.73 Å². The summed E-state index contributed by atoms with van der Waals surface area (Å²) >= 11 is 0. The van der Waals surface area contributed by atoms with Crippen molar-refractivity contribution in [3.8, 4) is 0 Å². The van der Waals surface area contributed by atoms with Crippen molar-refractivity contribution in [2.45, 2.75) is 56.8 Å². The van der Waals surface area contributed by atoms with Gasteiger partial charge in [0.1, 0.15) is 5.84 Å². The van der Waals surface area contributed by atoms with E-state index in [-0.39, 0.29) is 29.9 Å². The van der Waals surface area contributed by atoms with Crippen molar-refractivity contribution in [2.75, 3.05) is 19.6 Å². The molecule has 0 atom stereocenters. The van der Waals surface area contributed by atoms with Crippen LogP contribution in [-0.2, 0) is 11.0 Å². The Kier molecular flexibility index (Phi) is 7.87. The minimum Gasteiger partial charge on any atom is -0.384 e. The third-order valence-electron chi connectivity index (χ3n) is 7.37. The highest BCUT2D eigenvalue weighted by molar-refractivity contribution is 5.96. The second kappa shape index (κ2) is 10.9. The smallest absolute Gasteiger partial charge is 0.384 e. The number of amides is 2. The third-order valence-corrected chi connectivity index (χ3v) is 7.37. The fraction of sp³-hybridized carbons (Fsp3) is 0.444. The highest BCUT2D eigenvalue weighted by Gasteiger charge is 2.36. The van der Waals surface area contributed by atoms with Gasteiger partial charge in [0.15, 0.2) is 0 Å². The zero-order chi connectivity index (χ0) is 26.7. The molecular weight excluding hydrogens is 483 g/mol. The molecule has 2 fully saturated rings. The molecule has 4 rings (SSSR count). The Balaban J connectivity index is 1.17. The molecule has 0 spiro atoms. The molecule has 2 amide bonds. The fourth-order valence-corrected chi connectivity index (χ4v) is 5.33. The van der Waals surface area contributed by atoms with E-state index in [2.05, 4.69) is 28.5 Å². The molecule has 2 aromatic rings. The number of nitrogens with two attached hydrogens (primary N) is 1. The second-order valence-corrected chi connectivity index (χ2v) is 9.97. The van der Waals surface area contributed by atoms with E-state index in [0.717, 1.165) is 56.5 Å². The van der Waals surface area contributed by atoms with Crippen LogP contribution in [-0.4, -0.2) is 54.3 Å². The molecule has 2 aliphatic rings. The molecule has 1 aliphatic heterocycles. The van der Waals surface area contributed by atoms with Crippen molar-refractivity contribution in [3.63, 3.8) is 0 Å². The summed E-state index contributed by atoms with van der Waals surface area (Å²) in [7, 11) is 0. The van der Waals surface area contributed by atoms with Crippen molar-refractivity contribution >= 4 is 17.6 Å². The largest absolute Gasteiger partial charge is 0.416 e. The van der Waals surface area contributed by atoms with Gasteiger partial charge in [-0.15, -0.1) is 0 Å². The van der Waals surface area contributed by atoms with Gasteiger partial charge in [0.05, 0.1) is 18.2 Å². The molecule has 0 radical (unpaired) electrons. The summed E-state index contributed by atoms with van der Waals surface area (Å²) in [6.45, 7) is 3.26. The lowest BCUT2D eigenvalue weighted by atomic mass is 9.79. The molecule has 5 N–H and O–H groups in total. The maximum absolute atomic E-state index is 12.8. The molecule has 1 saturated heterocycles. The molecule has 1 aliphatic carbocycles. The van der Waals surface area contributed by atoms with Crippen LogP contribution in [0, 0.1) is 12.3 Å². The Morgan fingerprint density at radius 2 is 1.76 bits per heavy atom. The molecule has 0 unspecified atom stereocenters. The number of amidine groups is 1. The van der Waals surface area contributed by atoms with E-state index in [0.29, 0.717) is 12.0 Å². The van der Waals surface area contributed by atoms with Crippen molar-refractivity contribution < 1.29 is 22.8 Å². The number of carbonyl (C=O) groups is 2. The Labute approximate surface area is 214 Å². The lowest BCUT2D eigenvalue weighted by Gasteiger charge is -2.47. The van der Waals surface area contributed by atoms with Gasteiger partial charge in [-0.3, -0.25) is 19.9 Å². The van der Waals surface area contributed by atoms with E-state index in [1.54, 1.807) is 0 Å². The van der Waals surface area contributed by atoms with Gasteiger partial charge in [-0.05, 0) is 73.9 Å². The number of hydrogen-bond donors (Lipinski definition) is 4. The van der Waals surface area contributed by atoms with Gasteiger partial charge >= 0.3 is 6.18 Å². The van der Waals surface area contributed by atoms with E-state index in [1.807, 2.05) is 12.1 Å². The first-order chi connectivity index (χ1) is 17.5. The van der Waals surface area contributed by atoms with Crippen LogP contribution in [0.5, 0.6) is 0 Å². The van der Waals surface area contributed by atoms with E-state index in [1.165, 1.54) is 23.3 Å². The first-order valence-corrected chi connectivity index (χ1v) is 12.4. The minimum atomic E-state index is -4.54. The van der Waals surface area contributed by atoms with Gasteiger partial charge in [0.25, 0.3) is 5.91 Å². The predicted octanol–water partition coefficient (Wildman–Crippen LogP) is 3.55. The summed E-state index contributed by atoms with van der Waals surface area (Å²) in [5.41, 5.74) is 7.79. The van der Waals surface area contributed by atoms with E-state index in [9.17, 15) is 22.8 Å². The molecule has 37 heavy (non-hydrogen) atoms. The van der Waals surface area contributed by atoms with Gasteiger partial charge in [-0.25, -0.2) is 0 Å². The van der Waals surface area contributed by atoms with Gasteiger partial charge in [-0.2, -0.15) is 13.2 Å². The monoisotopic (exact) mass is 515 g/mol. The molecule has 198 valence electrons. The average Bonchev–Trinajstić information content (AvgIpc) is 2.84. The standard InChI is InChI=1S/C27H32F3N5O2/c1-16-11-18(25(31)32)7-10-23(16)17-5-8-22(9-6-17)35-14-21(15-35)34-24(36)13-33-26(37)19-3-2-4-20(12-19)27(28,29)30/h2-4,7,10-12,17,21-22H,5-6,8-9,13-15H2,1H3,(H3,31,32)(H,33,37)(H,34,36). The third kappa shape index (κ3) is 6.49. The van der Waals surface area contributed by atoms with E-state index in [4.69, 9.17) is 11.1 Å². The maximum Gasteiger partial charge on any atom is 0.416 e. The van der Waals surface area contributed by atoms with Crippen LogP contribution in [0.25, 0.3) is 0 Å². The van der Waals surface area contributed by atoms with Crippen LogP contribution >= 0.6 is 0 Å². The van der Waals surface area contributed by atoms with Crippen LogP contribution < -0.4 is 16.4 Å². The van der Waals surface area contributed by atoms with Gasteiger partial charge in [-0.1, -0.05) is 18.2 Å². The van der Waals surface area contributed by atoms with Crippen molar-refractivity contribution in [1.82, 2.24) is 15.5 Å². The summed E-state index contributed by atoms with van der Waals surface area (Å²) in [6.07, 6.45) is -0.220. The highest BCUT2D eigenvalue weighted by Crippen LogP contribution is 2.37. The Morgan fingerprint density at radius 3 is 2.38 bits per heavy atom. The molecule has 0 aromatic heterocycles. The summed E-state index contributed by atoms with van der Waals surface area (Å²) in [4.78, 5) is 26.8. The Bertz CT molecular complexity index is 1170. The zero-order valence-electron chi connectivity index (χ0n) is 20.7. The number of nitrogen functional groups attached to an aromatic ring is 1. The number of nitrogens with zero attached hydrogens (tertiary/aromatic N) is 1. The van der Waals surface area contributed by atoms with Crippen LogP contribution in [0.1, 0.15) is 64.2 Å². The Hall–Kier alpha value is -3.40. The summed E-state index contributed by atoms with van der Waals surface area (Å²) in [5.74, 6) is -0.511. The lowest BCUT2D eigenvalue weighted by molar-refractivity contribution is -0.137. The first kappa shape index (κ1) is 26.7. The van der Waals surface area contributed by atoms with Crippen LogP contribution in [0.4, 0.5) is 13.2 Å². The number of nitrogens with one attached hydrogen (secondary N) is 3. The Morgan fingerprint density at radius 1 is 1.05 bits per heavy atom. The number of hydrogen-bond acceptors (Lipinski definition) is 4. The number of rotatable bonds is 7. The first-order valence-electron chi connectivity index (χ1n) is 12.4. The molecule has 10 heteroatoms.